The number of carboxylic acids is 1. The molecule has 1 aliphatic heterocycles. The number of allylic oxidation sites excluding steroid dienone is 2. The summed E-state index contributed by atoms with van der Waals surface area (Å²) in [4.78, 5) is 18.4. The number of carbonyl (C=O) groups is 1. The van der Waals surface area contributed by atoms with Crippen molar-refractivity contribution in [1.82, 2.24) is 15.0 Å². The van der Waals surface area contributed by atoms with E-state index < -0.39 is 30.7 Å². The average molecular weight is 397 g/mol. The third-order valence-electron chi connectivity index (χ3n) is 4.43. The van der Waals surface area contributed by atoms with Crippen LogP contribution in [0.2, 0.25) is 0 Å². The van der Waals surface area contributed by atoms with Crippen molar-refractivity contribution in [2.75, 3.05) is 6.54 Å². The van der Waals surface area contributed by atoms with Crippen LogP contribution in [0.1, 0.15) is 16.1 Å². The maximum atomic E-state index is 12.9. The Kier molecular flexibility index (Phi) is 3.99. The smallest absolute Gasteiger partial charge is 0.407 e. The lowest BCUT2D eigenvalue weighted by atomic mass is 9.90. The molecule has 27 heavy (non-hydrogen) atoms. The maximum absolute atomic E-state index is 12.9. The molecule has 10 heteroatoms. The van der Waals surface area contributed by atoms with E-state index in [1.165, 1.54) is 18.3 Å². The molecule has 0 saturated carbocycles. The molecule has 0 spiro atoms. The quantitative estimate of drug-likeness (QED) is 0.831. The van der Waals surface area contributed by atoms with Gasteiger partial charge in [0, 0.05) is 17.1 Å². The van der Waals surface area contributed by atoms with Crippen LogP contribution in [0.4, 0.5) is 13.2 Å². The van der Waals surface area contributed by atoms with Gasteiger partial charge >= 0.3 is 12.1 Å². The summed E-state index contributed by atoms with van der Waals surface area (Å²) in [6, 6.07) is 2.27. The van der Waals surface area contributed by atoms with Gasteiger partial charge in [0.05, 0.1) is 34.0 Å². The number of fused-ring (bicyclic) bond motifs is 2. The number of hydrogen-bond acceptors (Lipinski definition) is 4. The van der Waals surface area contributed by atoms with E-state index in [1.54, 1.807) is 18.2 Å². The first kappa shape index (κ1) is 17.6. The second-order valence-electron chi connectivity index (χ2n) is 6.23. The fraction of sp³-hybridized carbons (Fsp3) is 0.235. The van der Waals surface area contributed by atoms with Gasteiger partial charge in [-0.3, -0.25) is 9.99 Å². The molecular weight excluding hydrogens is 385 g/mol. The minimum absolute atomic E-state index is 0.0238. The number of aromatic amines is 1. The Morgan fingerprint density at radius 3 is 2.89 bits per heavy atom. The third-order valence-corrected chi connectivity index (χ3v) is 4.68. The number of hydrogen-bond donors (Lipinski definition) is 2. The summed E-state index contributed by atoms with van der Waals surface area (Å²) >= 11 is 5.97. The van der Waals surface area contributed by atoms with Gasteiger partial charge in [-0.05, 0) is 24.3 Å². The first-order chi connectivity index (χ1) is 12.7. The molecule has 0 fully saturated rings. The van der Waals surface area contributed by atoms with Crippen molar-refractivity contribution < 1.29 is 23.1 Å². The Morgan fingerprint density at radius 2 is 2.19 bits per heavy atom. The number of nitrogens with zero attached hydrogens (tertiary/aromatic N) is 3. The van der Waals surface area contributed by atoms with E-state index >= 15 is 0 Å². The van der Waals surface area contributed by atoms with Gasteiger partial charge in [0.25, 0.3) is 0 Å². The summed E-state index contributed by atoms with van der Waals surface area (Å²) in [6.07, 6.45) is 1.77. The van der Waals surface area contributed by atoms with Gasteiger partial charge in [-0.1, -0.05) is 17.7 Å². The second kappa shape index (κ2) is 6.12. The SMILES string of the molecule is O=C(O)c1ccnc2cc(C3=NN(CC(F)(F)F)C4C=C(Cl)C=CC34)[nH]c12. The van der Waals surface area contributed by atoms with Crippen LogP contribution in [0.5, 0.6) is 0 Å². The molecule has 2 aliphatic rings. The number of alkyl halides is 3. The van der Waals surface area contributed by atoms with Gasteiger partial charge in [0.15, 0.2) is 0 Å². The normalized spacial score (nSPS) is 22.0. The highest BCUT2D eigenvalue weighted by molar-refractivity contribution is 6.31. The molecule has 2 N–H and O–H groups in total. The lowest BCUT2D eigenvalue weighted by Crippen LogP contribution is -2.38. The molecule has 6 nitrogen and oxygen atoms in total. The number of hydrazone groups is 1. The number of pyridine rings is 1. The van der Waals surface area contributed by atoms with Crippen LogP contribution in [0.25, 0.3) is 11.0 Å². The molecule has 0 bridgehead atoms. The Bertz CT molecular complexity index is 1020. The fourth-order valence-electron chi connectivity index (χ4n) is 3.33. The number of aromatic carboxylic acids is 1. The number of halogens is 4. The van der Waals surface area contributed by atoms with Gasteiger partial charge in [-0.15, -0.1) is 0 Å². The van der Waals surface area contributed by atoms with E-state index in [4.69, 9.17) is 11.6 Å². The highest BCUT2D eigenvalue weighted by Gasteiger charge is 2.42. The van der Waals surface area contributed by atoms with Gasteiger partial charge in [-0.25, -0.2) is 4.79 Å². The molecule has 2 unspecified atom stereocenters. The monoisotopic (exact) mass is 396 g/mol. The first-order valence-corrected chi connectivity index (χ1v) is 8.29. The third kappa shape index (κ3) is 3.18. The van der Waals surface area contributed by atoms with Crippen molar-refractivity contribution in [2.24, 2.45) is 11.0 Å². The molecule has 1 aliphatic carbocycles. The molecule has 2 aromatic heterocycles. The molecule has 140 valence electrons. The van der Waals surface area contributed by atoms with Crippen LogP contribution >= 0.6 is 11.6 Å². The van der Waals surface area contributed by atoms with E-state index in [0.29, 0.717) is 27.5 Å². The van der Waals surface area contributed by atoms with Crippen LogP contribution in [0.15, 0.2) is 46.7 Å². The number of H-pyrrole nitrogens is 1. The van der Waals surface area contributed by atoms with E-state index in [9.17, 15) is 23.1 Å². The lowest BCUT2D eigenvalue weighted by molar-refractivity contribution is -0.148. The highest BCUT2D eigenvalue weighted by Crippen LogP contribution is 2.35. The average Bonchev–Trinajstić information content (AvgIpc) is 3.14. The lowest BCUT2D eigenvalue weighted by Gasteiger charge is -2.26. The zero-order valence-corrected chi connectivity index (χ0v) is 14.3. The second-order valence-corrected chi connectivity index (χ2v) is 6.67. The van der Waals surface area contributed by atoms with E-state index in [1.807, 2.05) is 0 Å². The summed E-state index contributed by atoms with van der Waals surface area (Å²) in [5.41, 5.74) is 1.50. The van der Waals surface area contributed by atoms with Crippen molar-refractivity contribution in [3.63, 3.8) is 0 Å². The zero-order chi connectivity index (χ0) is 19.3. The molecule has 4 rings (SSSR count). The predicted molar refractivity (Wildman–Crippen MR) is 92.7 cm³/mol. The van der Waals surface area contributed by atoms with Crippen LogP contribution in [-0.2, 0) is 0 Å². The van der Waals surface area contributed by atoms with E-state index in [2.05, 4.69) is 15.1 Å². The Morgan fingerprint density at radius 1 is 1.41 bits per heavy atom. The molecular formula is C17H12ClF3N4O2. The molecule has 2 aromatic rings. The van der Waals surface area contributed by atoms with Crippen LogP contribution in [0, 0.1) is 5.92 Å². The van der Waals surface area contributed by atoms with Crippen molar-refractivity contribution in [2.45, 2.75) is 12.2 Å². The number of nitrogens with one attached hydrogen (secondary N) is 1. The van der Waals surface area contributed by atoms with Gasteiger partial charge < -0.3 is 10.1 Å². The summed E-state index contributed by atoms with van der Waals surface area (Å²) < 4.78 is 38.8. The van der Waals surface area contributed by atoms with E-state index in [0.717, 1.165) is 5.01 Å². The summed E-state index contributed by atoms with van der Waals surface area (Å²) in [6.45, 7) is -1.22. The fourth-order valence-corrected chi connectivity index (χ4v) is 3.53. The molecule has 0 amide bonds. The van der Waals surface area contributed by atoms with Crippen molar-refractivity contribution >= 4 is 34.3 Å². The largest absolute Gasteiger partial charge is 0.478 e. The number of aromatic nitrogens is 2. The molecule has 0 aromatic carbocycles. The van der Waals surface area contributed by atoms with Crippen LogP contribution in [0.3, 0.4) is 0 Å². The van der Waals surface area contributed by atoms with Crippen molar-refractivity contribution in [3.05, 3.63) is 52.8 Å². The van der Waals surface area contributed by atoms with Crippen molar-refractivity contribution in [1.29, 1.82) is 0 Å². The Balaban J connectivity index is 1.79. The molecule has 3 heterocycles. The standard InChI is InChI=1S/C17H12ClF3N4O2/c18-8-1-2-9-13(5-8)25(7-17(19,20)21)24-15(9)12-6-11-14(23-12)10(16(26)27)3-4-22-11/h1-6,9,13,23H,7H2,(H,26,27). The minimum Gasteiger partial charge on any atom is -0.478 e. The number of rotatable bonds is 3. The molecule has 0 saturated heterocycles. The number of carboxylic acid groups (broad SMARTS) is 1. The van der Waals surface area contributed by atoms with Gasteiger partial charge in [0.1, 0.15) is 6.54 Å². The first-order valence-electron chi connectivity index (χ1n) is 7.92. The molecule has 0 radical (unpaired) electrons. The maximum Gasteiger partial charge on any atom is 0.407 e. The zero-order valence-electron chi connectivity index (χ0n) is 13.5. The highest BCUT2D eigenvalue weighted by atomic mass is 35.5. The van der Waals surface area contributed by atoms with Gasteiger partial charge in [-0.2, -0.15) is 18.3 Å². The topological polar surface area (TPSA) is 81.6 Å². The van der Waals surface area contributed by atoms with Gasteiger partial charge in [0.2, 0.25) is 0 Å². The Labute approximate surface area is 155 Å². The van der Waals surface area contributed by atoms with Crippen molar-refractivity contribution in [3.8, 4) is 0 Å². The van der Waals surface area contributed by atoms with Crippen LogP contribution < -0.4 is 0 Å². The molecule has 2 atom stereocenters. The summed E-state index contributed by atoms with van der Waals surface area (Å²) in [5, 5.41) is 14.7. The van der Waals surface area contributed by atoms with E-state index in [-0.39, 0.29) is 5.56 Å². The predicted octanol–water partition coefficient (Wildman–Crippen LogP) is 3.52. The summed E-state index contributed by atoms with van der Waals surface area (Å²) in [5.74, 6) is -1.58. The summed E-state index contributed by atoms with van der Waals surface area (Å²) in [7, 11) is 0. The van der Waals surface area contributed by atoms with Crippen LogP contribution in [-0.4, -0.2) is 50.5 Å². The minimum atomic E-state index is -4.43. The Hall–Kier alpha value is -2.81.